The largest absolute Gasteiger partial charge is 0.444 e. The molecule has 1 aromatic heterocycles. The summed E-state index contributed by atoms with van der Waals surface area (Å²) >= 11 is 0. The summed E-state index contributed by atoms with van der Waals surface area (Å²) < 4.78 is 5.89. The third-order valence-electron chi connectivity index (χ3n) is 4.33. The van der Waals surface area contributed by atoms with Gasteiger partial charge in [0.15, 0.2) is 0 Å². The van der Waals surface area contributed by atoms with Gasteiger partial charge < -0.3 is 9.73 Å². The number of hydrogen-bond donors (Lipinski definition) is 1. The Morgan fingerprint density at radius 1 is 1.42 bits per heavy atom. The van der Waals surface area contributed by atoms with Crippen LogP contribution in [0.1, 0.15) is 45.3 Å². The number of nitrogens with one attached hydrogen (secondary N) is 1. The Morgan fingerprint density at radius 2 is 2.26 bits per heavy atom. The van der Waals surface area contributed by atoms with Crippen LogP contribution in [0.3, 0.4) is 0 Å². The number of oxazole rings is 1. The van der Waals surface area contributed by atoms with Crippen LogP contribution in [0.25, 0.3) is 0 Å². The minimum atomic E-state index is 0.0474. The van der Waals surface area contributed by atoms with Crippen LogP contribution in [0.2, 0.25) is 0 Å². The van der Waals surface area contributed by atoms with Crippen molar-refractivity contribution in [1.82, 2.24) is 15.2 Å². The van der Waals surface area contributed by atoms with Crippen molar-refractivity contribution in [3.05, 3.63) is 17.8 Å². The van der Waals surface area contributed by atoms with Crippen molar-refractivity contribution in [1.29, 1.82) is 0 Å². The second-order valence-electron chi connectivity index (χ2n) is 7.03. The average Bonchev–Trinajstić information content (AvgIpc) is 2.94. The molecule has 3 heterocycles. The maximum absolute atomic E-state index is 5.89. The lowest BCUT2D eigenvalue weighted by molar-refractivity contribution is 0.267. The van der Waals surface area contributed by atoms with Crippen molar-refractivity contribution in [2.75, 3.05) is 19.6 Å². The van der Waals surface area contributed by atoms with E-state index >= 15 is 0 Å². The topological polar surface area (TPSA) is 41.3 Å². The van der Waals surface area contributed by atoms with Gasteiger partial charge >= 0.3 is 0 Å². The Labute approximate surface area is 115 Å². The lowest BCUT2D eigenvalue weighted by atomic mass is 9.94. The molecule has 1 aromatic rings. The first-order valence-electron chi connectivity index (χ1n) is 7.43. The number of aromatic nitrogens is 1. The first-order chi connectivity index (χ1) is 9.02. The number of fused-ring (bicyclic) bond motifs is 1. The number of likely N-dealkylation sites (tertiary alicyclic amines) is 1. The molecule has 2 atom stereocenters. The highest BCUT2D eigenvalue weighted by Gasteiger charge is 2.34. The predicted octanol–water partition coefficient (Wildman–Crippen LogP) is 2.16. The van der Waals surface area contributed by atoms with Crippen LogP contribution in [-0.4, -0.2) is 35.6 Å². The molecule has 4 nitrogen and oxygen atoms in total. The fraction of sp³-hybridized carbons (Fsp3) is 0.800. The van der Waals surface area contributed by atoms with E-state index in [1.807, 2.05) is 6.20 Å². The summed E-state index contributed by atoms with van der Waals surface area (Å²) in [5.41, 5.74) is 0.0474. The molecule has 19 heavy (non-hydrogen) atoms. The van der Waals surface area contributed by atoms with E-state index in [0.29, 0.717) is 6.04 Å². The second kappa shape index (κ2) is 4.91. The molecule has 0 saturated carbocycles. The molecule has 0 radical (unpaired) electrons. The van der Waals surface area contributed by atoms with E-state index in [9.17, 15) is 0 Å². The van der Waals surface area contributed by atoms with Gasteiger partial charge in [0.2, 0.25) is 5.89 Å². The lowest BCUT2D eigenvalue weighted by Crippen LogP contribution is -2.40. The lowest BCUT2D eigenvalue weighted by Gasteiger charge is -2.24. The first-order valence-corrected chi connectivity index (χ1v) is 7.43. The van der Waals surface area contributed by atoms with E-state index in [4.69, 9.17) is 4.42 Å². The van der Waals surface area contributed by atoms with Crippen molar-refractivity contribution < 1.29 is 4.42 Å². The fourth-order valence-electron chi connectivity index (χ4n) is 3.19. The SMILES string of the molecule is CC(C)(C)c1cnc(CN2CC3CCCNC3C2)o1. The predicted molar refractivity (Wildman–Crippen MR) is 75.0 cm³/mol. The highest BCUT2D eigenvalue weighted by molar-refractivity contribution is 5.06. The van der Waals surface area contributed by atoms with Crippen LogP contribution in [0.5, 0.6) is 0 Å². The Morgan fingerprint density at radius 3 is 2.95 bits per heavy atom. The number of rotatable bonds is 2. The Kier molecular flexibility index (Phi) is 3.39. The zero-order chi connectivity index (χ0) is 13.5. The summed E-state index contributed by atoms with van der Waals surface area (Å²) in [7, 11) is 0. The van der Waals surface area contributed by atoms with E-state index in [-0.39, 0.29) is 5.41 Å². The molecule has 3 rings (SSSR count). The molecule has 0 amide bonds. The summed E-state index contributed by atoms with van der Waals surface area (Å²) in [6, 6.07) is 0.686. The highest BCUT2D eigenvalue weighted by atomic mass is 16.4. The smallest absolute Gasteiger partial charge is 0.208 e. The number of piperidine rings is 1. The number of hydrogen-bond acceptors (Lipinski definition) is 4. The van der Waals surface area contributed by atoms with Crippen LogP contribution >= 0.6 is 0 Å². The molecule has 4 heteroatoms. The van der Waals surface area contributed by atoms with Gasteiger partial charge in [-0.05, 0) is 25.3 Å². The van der Waals surface area contributed by atoms with E-state index in [2.05, 4.69) is 36.0 Å². The standard InChI is InChI=1S/C15H25N3O/c1-15(2,3)13-7-17-14(19-13)10-18-8-11-5-4-6-16-12(11)9-18/h7,11-12,16H,4-6,8-10H2,1-3H3. The molecule has 1 N–H and O–H groups in total. The van der Waals surface area contributed by atoms with E-state index in [0.717, 1.165) is 30.7 Å². The van der Waals surface area contributed by atoms with E-state index < -0.39 is 0 Å². The minimum Gasteiger partial charge on any atom is -0.444 e. The summed E-state index contributed by atoms with van der Waals surface area (Å²) in [4.78, 5) is 6.91. The summed E-state index contributed by atoms with van der Waals surface area (Å²) in [6.45, 7) is 10.8. The second-order valence-corrected chi connectivity index (χ2v) is 7.03. The van der Waals surface area contributed by atoms with Gasteiger partial charge in [0, 0.05) is 24.5 Å². The van der Waals surface area contributed by atoms with E-state index in [1.165, 1.54) is 25.9 Å². The van der Waals surface area contributed by atoms with Gasteiger partial charge in [0.05, 0.1) is 12.7 Å². The highest BCUT2D eigenvalue weighted by Crippen LogP contribution is 2.27. The molecular formula is C15H25N3O. The molecule has 0 aromatic carbocycles. The van der Waals surface area contributed by atoms with Gasteiger partial charge in [-0.25, -0.2) is 4.98 Å². The van der Waals surface area contributed by atoms with Crippen LogP contribution < -0.4 is 5.32 Å². The minimum absolute atomic E-state index is 0.0474. The van der Waals surface area contributed by atoms with Gasteiger partial charge in [0.25, 0.3) is 0 Å². The summed E-state index contributed by atoms with van der Waals surface area (Å²) in [5, 5.41) is 3.63. The van der Waals surface area contributed by atoms with Crippen molar-refractivity contribution in [2.45, 2.75) is 51.6 Å². The molecule has 0 bridgehead atoms. The molecule has 106 valence electrons. The van der Waals surface area contributed by atoms with Gasteiger partial charge in [-0.1, -0.05) is 20.8 Å². The molecule has 2 aliphatic heterocycles. The molecule has 2 unspecified atom stereocenters. The fourth-order valence-corrected chi connectivity index (χ4v) is 3.19. The average molecular weight is 263 g/mol. The molecule has 0 spiro atoms. The zero-order valence-electron chi connectivity index (χ0n) is 12.3. The molecule has 2 fully saturated rings. The quantitative estimate of drug-likeness (QED) is 0.888. The third-order valence-corrected chi connectivity index (χ3v) is 4.33. The first kappa shape index (κ1) is 13.1. The normalized spacial score (nSPS) is 28.6. The van der Waals surface area contributed by atoms with Gasteiger partial charge in [-0.15, -0.1) is 0 Å². The van der Waals surface area contributed by atoms with Crippen LogP contribution in [0, 0.1) is 5.92 Å². The summed E-state index contributed by atoms with van der Waals surface area (Å²) in [5.74, 6) is 2.67. The van der Waals surface area contributed by atoms with Crippen LogP contribution in [-0.2, 0) is 12.0 Å². The van der Waals surface area contributed by atoms with Crippen LogP contribution in [0.15, 0.2) is 10.6 Å². The van der Waals surface area contributed by atoms with Crippen molar-refractivity contribution in [2.24, 2.45) is 5.92 Å². The number of nitrogens with zero attached hydrogens (tertiary/aromatic N) is 2. The maximum atomic E-state index is 5.89. The summed E-state index contributed by atoms with van der Waals surface area (Å²) in [6.07, 6.45) is 4.58. The maximum Gasteiger partial charge on any atom is 0.208 e. The zero-order valence-corrected chi connectivity index (χ0v) is 12.3. The van der Waals surface area contributed by atoms with Crippen molar-refractivity contribution in [3.63, 3.8) is 0 Å². The Balaban J connectivity index is 1.61. The molecule has 0 aliphatic carbocycles. The van der Waals surface area contributed by atoms with Crippen LogP contribution in [0.4, 0.5) is 0 Å². The van der Waals surface area contributed by atoms with Gasteiger partial charge in [0.1, 0.15) is 5.76 Å². The molecule has 2 saturated heterocycles. The Bertz CT molecular complexity index is 421. The van der Waals surface area contributed by atoms with Crippen molar-refractivity contribution in [3.8, 4) is 0 Å². The van der Waals surface area contributed by atoms with E-state index in [1.54, 1.807) is 0 Å². The monoisotopic (exact) mass is 263 g/mol. The van der Waals surface area contributed by atoms with Crippen molar-refractivity contribution >= 4 is 0 Å². The molecule has 2 aliphatic rings. The third kappa shape index (κ3) is 2.84. The Hall–Kier alpha value is -0.870. The molecular weight excluding hydrogens is 238 g/mol. The van der Waals surface area contributed by atoms with Gasteiger partial charge in [-0.2, -0.15) is 0 Å². The van der Waals surface area contributed by atoms with Gasteiger partial charge in [-0.3, -0.25) is 4.90 Å².